The number of rotatable bonds is 9. The lowest BCUT2D eigenvalue weighted by molar-refractivity contribution is 0.152. The Kier molecular flexibility index (Phi) is 7.28. The zero-order chi connectivity index (χ0) is 14.1. The third-order valence-electron chi connectivity index (χ3n) is 2.62. The number of hydrogen-bond acceptors (Lipinski definition) is 4. The molecule has 0 bridgehead atoms. The summed E-state index contributed by atoms with van der Waals surface area (Å²) in [6.45, 7) is 3.31. The second-order valence-corrected chi connectivity index (χ2v) is 4.26. The number of pyridine rings is 1. The van der Waals surface area contributed by atoms with Crippen LogP contribution in [0.15, 0.2) is 18.3 Å². The number of alkyl halides is 2. The second-order valence-electron chi connectivity index (χ2n) is 4.26. The third-order valence-corrected chi connectivity index (χ3v) is 2.62. The van der Waals surface area contributed by atoms with E-state index in [-0.39, 0.29) is 13.2 Å². The van der Waals surface area contributed by atoms with E-state index in [1.807, 2.05) is 6.07 Å². The fourth-order valence-corrected chi connectivity index (χ4v) is 1.70. The molecule has 108 valence electrons. The molecule has 1 aromatic heterocycles. The molecular formula is C13H21F2N3O. The third kappa shape index (κ3) is 5.94. The van der Waals surface area contributed by atoms with E-state index >= 15 is 0 Å². The molecule has 1 heterocycles. The maximum atomic E-state index is 12.4. The average molecular weight is 273 g/mol. The summed E-state index contributed by atoms with van der Waals surface area (Å²) in [6, 6.07) is 3.57. The fraction of sp³-hybridized carbons (Fsp3) is 0.615. The van der Waals surface area contributed by atoms with Crippen molar-refractivity contribution < 1.29 is 13.9 Å². The van der Waals surface area contributed by atoms with E-state index in [0.717, 1.165) is 25.1 Å². The van der Waals surface area contributed by atoms with E-state index in [4.69, 9.17) is 5.11 Å². The number of aromatic nitrogens is 1. The first-order valence-electron chi connectivity index (χ1n) is 6.47. The van der Waals surface area contributed by atoms with Crippen molar-refractivity contribution in [3.05, 3.63) is 23.9 Å². The van der Waals surface area contributed by atoms with Crippen LogP contribution in [-0.4, -0.2) is 42.8 Å². The van der Waals surface area contributed by atoms with Gasteiger partial charge in [-0.1, -0.05) is 13.0 Å². The number of aliphatic hydroxyl groups is 1. The van der Waals surface area contributed by atoms with Crippen LogP contribution in [0.3, 0.4) is 0 Å². The molecule has 0 saturated heterocycles. The summed E-state index contributed by atoms with van der Waals surface area (Å²) in [5, 5.41) is 12.1. The van der Waals surface area contributed by atoms with Gasteiger partial charge >= 0.3 is 0 Å². The van der Waals surface area contributed by atoms with E-state index in [1.165, 1.54) is 4.90 Å². The van der Waals surface area contributed by atoms with Crippen LogP contribution in [0.2, 0.25) is 0 Å². The first-order valence-corrected chi connectivity index (χ1v) is 6.47. The molecule has 0 aliphatic heterocycles. The molecule has 0 amide bonds. The second kappa shape index (κ2) is 8.77. The summed E-state index contributed by atoms with van der Waals surface area (Å²) in [7, 11) is 0. The van der Waals surface area contributed by atoms with Crippen LogP contribution in [0.4, 0.5) is 14.6 Å². The van der Waals surface area contributed by atoms with Crippen molar-refractivity contribution in [2.75, 3.05) is 31.1 Å². The van der Waals surface area contributed by atoms with E-state index in [2.05, 4.69) is 17.2 Å². The van der Waals surface area contributed by atoms with Gasteiger partial charge in [-0.05, 0) is 24.6 Å². The van der Waals surface area contributed by atoms with Crippen molar-refractivity contribution in [1.29, 1.82) is 0 Å². The lowest BCUT2D eigenvalue weighted by atomic mass is 10.2. The summed E-state index contributed by atoms with van der Waals surface area (Å²) < 4.78 is 24.8. The molecule has 0 aliphatic rings. The molecule has 1 aromatic rings. The quantitative estimate of drug-likeness (QED) is 0.672. The zero-order valence-corrected chi connectivity index (χ0v) is 11.1. The van der Waals surface area contributed by atoms with Gasteiger partial charge in [0.25, 0.3) is 6.43 Å². The minimum atomic E-state index is -2.45. The van der Waals surface area contributed by atoms with Crippen molar-refractivity contribution in [3.8, 4) is 0 Å². The van der Waals surface area contributed by atoms with Gasteiger partial charge in [0.05, 0.1) is 13.2 Å². The van der Waals surface area contributed by atoms with Gasteiger partial charge in [-0.2, -0.15) is 0 Å². The molecule has 19 heavy (non-hydrogen) atoms. The molecule has 2 N–H and O–H groups in total. The number of aliphatic hydroxyl groups excluding tert-OH is 1. The Morgan fingerprint density at radius 3 is 2.74 bits per heavy atom. The van der Waals surface area contributed by atoms with Gasteiger partial charge in [-0.25, -0.2) is 13.8 Å². The Labute approximate surface area is 112 Å². The number of nitrogens with one attached hydrogen (secondary N) is 1. The smallest absolute Gasteiger partial charge is 0.255 e. The molecule has 0 aliphatic carbocycles. The van der Waals surface area contributed by atoms with E-state index < -0.39 is 13.0 Å². The minimum absolute atomic E-state index is 0.158. The van der Waals surface area contributed by atoms with Crippen LogP contribution >= 0.6 is 0 Å². The average Bonchev–Trinajstić information content (AvgIpc) is 2.39. The predicted molar refractivity (Wildman–Crippen MR) is 71.5 cm³/mol. The van der Waals surface area contributed by atoms with Crippen LogP contribution in [0.25, 0.3) is 0 Å². The molecule has 1 rings (SSSR count). The van der Waals surface area contributed by atoms with Crippen LogP contribution in [-0.2, 0) is 6.54 Å². The normalized spacial score (nSPS) is 11.0. The molecule has 0 saturated carbocycles. The molecule has 0 unspecified atom stereocenters. The highest BCUT2D eigenvalue weighted by atomic mass is 19.3. The van der Waals surface area contributed by atoms with Crippen molar-refractivity contribution in [2.45, 2.75) is 26.3 Å². The van der Waals surface area contributed by atoms with Gasteiger partial charge in [0, 0.05) is 19.3 Å². The van der Waals surface area contributed by atoms with Crippen LogP contribution < -0.4 is 10.2 Å². The maximum Gasteiger partial charge on any atom is 0.255 e. The van der Waals surface area contributed by atoms with Gasteiger partial charge in [0.2, 0.25) is 0 Å². The Morgan fingerprint density at radius 1 is 1.42 bits per heavy atom. The molecule has 4 nitrogen and oxygen atoms in total. The van der Waals surface area contributed by atoms with E-state index in [0.29, 0.717) is 5.82 Å². The van der Waals surface area contributed by atoms with Crippen LogP contribution in [0, 0.1) is 0 Å². The molecule has 0 spiro atoms. The molecule has 0 radical (unpaired) electrons. The number of nitrogens with zero attached hydrogens (tertiary/aromatic N) is 2. The summed E-state index contributed by atoms with van der Waals surface area (Å²) in [4.78, 5) is 5.55. The van der Waals surface area contributed by atoms with E-state index in [1.54, 1.807) is 12.3 Å². The maximum absolute atomic E-state index is 12.4. The molecular weight excluding hydrogens is 252 g/mol. The number of halogens is 2. The van der Waals surface area contributed by atoms with E-state index in [9.17, 15) is 8.78 Å². The van der Waals surface area contributed by atoms with Crippen molar-refractivity contribution in [2.24, 2.45) is 0 Å². The largest absolute Gasteiger partial charge is 0.395 e. The molecule has 6 heteroatoms. The predicted octanol–water partition coefficient (Wildman–Crippen LogP) is 1.65. The van der Waals surface area contributed by atoms with Gasteiger partial charge in [0.15, 0.2) is 0 Å². The zero-order valence-electron chi connectivity index (χ0n) is 11.1. The standard InChI is InChI=1S/C13H21F2N3O/c1-2-5-16-8-11-3-4-13(17-9-11)18(6-7-19)10-12(14)15/h3-4,9,12,16,19H,2,5-8,10H2,1H3. The summed E-state index contributed by atoms with van der Waals surface area (Å²) in [5.74, 6) is 0.466. The lowest BCUT2D eigenvalue weighted by Crippen LogP contribution is -2.32. The van der Waals surface area contributed by atoms with Gasteiger partial charge in [0.1, 0.15) is 5.82 Å². The van der Waals surface area contributed by atoms with Crippen molar-refractivity contribution in [1.82, 2.24) is 10.3 Å². The Morgan fingerprint density at radius 2 is 2.21 bits per heavy atom. The van der Waals surface area contributed by atoms with Gasteiger partial charge in [-0.3, -0.25) is 0 Å². The molecule has 0 aromatic carbocycles. The molecule has 0 atom stereocenters. The summed E-state index contributed by atoms with van der Waals surface area (Å²) in [6.07, 6.45) is 0.289. The van der Waals surface area contributed by atoms with Crippen molar-refractivity contribution in [3.63, 3.8) is 0 Å². The minimum Gasteiger partial charge on any atom is -0.395 e. The Balaban J connectivity index is 2.60. The van der Waals surface area contributed by atoms with Gasteiger partial charge < -0.3 is 15.3 Å². The number of anilines is 1. The summed E-state index contributed by atoms with van der Waals surface area (Å²) in [5.41, 5.74) is 1.01. The Bertz CT molecular complexity index is 346. The SMILES string of the molecule is CCCNCc1ccc(N(CCO)CC(F)F)nc1. The van der Waals surface area contributed by atoms with Crippen LogP contribution in [0.1, 0.15) is 18.9 Å². The highest BCUT2D eigenvalue weighted by molar-refractivity contribution is 5.39. The van der Waals surface area contributed by atoms with Crippen molar-refractivity contribution >= 4 is 5.82 Å². The highest BCUT2D eigenvalue weighted by Gasteiger charge is 2.13. The molecule has 0 fully saturated rings. The monoisotopic (exact) mass is 273 g/mol. The lowest BCUT2D eigenvalue weighted by Gasteiger charge is -2.22. The topological polar surface area (TPSA) is 48.4 Å². The first kappa shape index (κ1) is 15.8. The van der Waals surface area contributed by atoms with Gasteiger partial charge in [-0.15, -0.1) is 0 Å². The number of hydrogen-bond donors (Lipinski definition) is 2. The summed E-state index contributed by atoms with van der Waals surface area (Å²) >= 11 is 0. The fourth-order valence-electron chi connectivity index (χ4n) is 1.70. The Hall–Kier alpha value is -1.27. The first-order chi connectivity index (χ1) is 9.17. The highest BCUT2D eigenvalue weighted by Crippen LogP contribution is 2.12. The van der Waals surface area contributed by atoms with Crippen LogP contribution in [0.5, 0.6) is 0 Å².